The van der Waals surface area contributed by atoms with Crippen LogP contribution in [0.4, 0.5) is 0 Å². The van der Waals surface area contributed by atoms with E-state index >= 15 is 0 Å². The lowest BCUT2D eigenvalue weighted by Gasteiger charge is -1.49. The third-order valence-electron chi connectivity index (χ3n) is 0. The molecule has 5 heavy (non-hydrogen) atoms. The van der Waals surface area contributed by atoms with Gasteiger partial charge in [-0.2, -0.15) is 0 Å². The van der Waals surface area contributed by atoms with Gasteiger partial charge >= 0.3 is 0 Å². The van der Waals surface area contributed by atoms with Crippen molar-refractivity contribution in [2.24, 2.45) is 0 Å². The van der Waals surface area contributed by atoms with Crippen molar-refractivity contribution in [2.45, 2.75) is 0 Å². The maximum absolute atomic E-state index is 8.25. The second kappa shape index (κ2) is 43.9. The summed E-state index contributed by atoms with van der Waals surface area (Å²) in [5.74, 6) is 0. The summed E-state index contributed by atoms with van der Waals surface area (Å²) in [5.41, 5.74) is 0. The first-order valence-electron chi connectivity index (χ1n) is 0.757. The van der Waals surface area contributed by atoms with Crippen LogP contribution in [-0.4, -0.2) is 12.4 Å². The fourth-order valence-corrected chi connectivity index (χ4v) is 0. The first kappa shape index (κ1) is 8.85. The second-order valence-electron chi connectivity index (χ2n) is 0.0745. The van der Waals surface area contributed by atoms with E-state index in [1.54, 1.807) is 0 Å². The zero-order chi connectivity index (χ0) is 4.71. The van der Waals surface area contributed by atoms with E-state index in [9.17, 15) is 0 Å². The van der Waals surface area contributed by atoms with Gasteiger partial charge in [0.1, 0.15) is 0 Å². The minimum atomic E-state index is 0.750. The predicted octanol–water partition coefficient (Wildman–Crippen LogP) is -0.132. The molecule has 0 aliphatic heterocycles. The predicted molar refractivity (Wildman–Crippen MR) is 11.0 cm³/mol. The summed E-state index contributed by atoms with van der Waals surface area (Å²) < 4.78 is 0. The molecule has 0 saturated carbocycles. The molecule has 1 N–H and O–H groups in total. The molecule has 0 spiro atoms. The van der Waals surface area contributed by atoms with Gasteiger partial charge in [0.05, 0.1) is 7.11 Å². The van der Waals surface area contributed by atoms with E-state index in [2.05, 4.69) is 0 Å². The third-order valence-corrected chi connectivity index (χ3v) is 0. The van der Waals surface area contributed by atoms with Crippen LogP contribution in [-0.2, 0) is 15.4 Å². The molecule has 2 radical (unpaired) electrons. The fraction of sp³-hybridized carbons (Fsp3) is 1.00. The highest BCUT2D eigenvalue weighted by atomic mass is 17.4. The molecule has 0 aromatic carbocycles. The number of hydrogen-bond donors (Lipinski definition) is 1. The molecule has 0 saturated heterocycles. The smallest absolute Gasteiger partial charge is 0.0712 e. The summed E-state index contributed by atoms with van der Waals surface area (Å²) >= 11 is 0. The molecule has 4 heteroatoms. The fourth-order valence-electron chi connectivity index (χ4n) is 0. The molecule has 0 atom stereocenters. The van der Waals surface area contributed by atoms with Crippen LogP contribution in [0.15, 0.2) is 0 Å². The first-order chi connectivity index (χ1) is 2.41. The van der Waals surface area contributed by atoms with Gasteiger partial charge in [-0.1, -0.05) is 0 Å². The summed E-state index contributed by atoms with van der Waals surface area (Å²) in [7, 11) is 0.750. The molecule has 0 aliphatic carbocycles. The average molecular weight is 80.0 g/mol. The Morgan fingerprint density at radius 1 is 1.60 bits per heavy atom. The standard InChI is InChI=1S/CH3O.HO3/c1-2;1-3-2/h1H3;1H. The van der Waals surface area contributed by atoms with E-state index in [1.165, 1.54) is 0 Å². The van der Waals surface area contributed by atoms with Crippen LogP contribution in [0.1, 0.15) is 0 Å². The van der Waals surface area contributed by atoms with Crippen LogP contribution in [0.3, 0.4) is 0 Å². The van der Waals surface area contributed by atoms with Crippen molar-refractivity contribution in [3.63, 3.8) is 0 Å². The zero-order valence-corrected chi connectivity index (χ0v) is 2.67. The van der Waals surface area contributed by atoms with Gasteiger partial charge in [0.15, 0.2) is 0 Å². The highest BCUT2D eigenvalue weighted by Gasteiger charge is 1.35. The Morgan fingerprint density at radius 2 is 1.60 bits per heavy atom. The van der Waals surface area contributed by atoms with Crippen LogP contribution in [0.5, 0.6) is 0 Å². The Balaban J connectivity index is 0. The lowest BCUT2D eigenvalue weighted by atomic mass is 11.8. The molecule has 0 fully saturated rings. The maximum atomic E-state index is 8.25. The zero-order valence-electron chi connectivity index (χ0n) is 2.67. The average Bonchev–Trinajstić information content (AvgIpc) is 1.46. The minimum Gasteiger partial charge on any atom is -0.240 e. The molecular weight excluding hydrogens is 76.0 g/mol. The summed E-state index contributed by atoms with van der Waals surface area (Å²) in [6.45, 7) is 0. The molecule has 0 aromatic rings. The SMILES string of the molecule is C[O].[O]OO. The quantitative estimate of drug-likeness (QED) is 0.325. The van der Waals surface area contributed by atoms with Crippen LogP contribution in [0, 0.1) is 0 Å². The Hall–Kier alpha value is -0.160. The van der Waals surface area contributed by atoms with Crippen LogP contribution < -0.4 is 0 Å². The summed E-state index contributed by atoms with van der Waals surface area (Å²) in [5, 5.41) is 24.8. The Labute approximate surface area is 29.1 Å². The van der Waals surface area contributed by atoms with Gasteiger partial charge in [0.2, 0.25) is 0 Å². The number of rotatable bonds is 0. The van der Waals surface area contributed by atoms with Crippen molar-refractivity contribution in [3.05, 3.63) is 0 Å². The molecular formula is CH4O4. The van der Waals surface area contributed by atoms with E-state index in [0.717, 1.165) is 7.11 Å². The molecule has 0 rings (SSSR count). The summed E-state index contributed by atoms with van der Waals surface area (Å²) in [4.78, 5) is 0. The lowest BCUT2D eigenvalue weighted by molar-refractivity contribution is -0.505. The largest absolute Gasteiger partial charge is 0.240 e. The van der Waals surface area contributed by atoms with Crippen molar-refractivity contribution >= 4 is 0 Å². The van der Waals surface area contributed by atoms with E-state index < -0.39 is 0 Å². The van der Waals surface area contributed by atoms with Crippen molar-refractivity contribution in [2.75, 3.05) is 7.11 Å². The molecule has 4 nitrogen and oxygen atoms in total. The van der Waals surface area contributed by atoms with Gasteiger partial charge in [-0.3, -0.25) is 0 Å². The van der Waals surface area contributed by atoms with Crippen molar-refractivity contribution in [3.8, 4) is 0 Å². The monoisotopic (exact) mass is 80.0 g/mol. The van der Waals surface area contributed by atoms with Gasteiger partial charge in [-0.25, -0.2) is 10.4 Å². The van der Waals surface area contributed by atoms with Gasteiger partial charge in [0, 0.05) is 0 Å². The van der Waals surface area contributed by atoms with E-state index in [0.29, 0.717) is 0 Å². The van der Waals surface area contributed by atoms with Crippen LogP contribution in [0.2, 0.25) is 0 Å². The molecule has 0 amide bonds. The second-order valence-corrected chi connectivity index (χ2v) is 0.0745. The first-order valence-corrected chi connectivity index (χ1v) is 0.757. The van der Waals surface area contributed by atoms with E-state index in [1.807, 2.05) is 5.04 Å². The van der Waals surface area contributed by atoms with E-state index in [4.69, 9.17) is 15.6 Å². The van der Waals surface area contributed by atoms with Gasteiger partial charge < -0.3 is 0 Å². The molecule has 32 valence electrons. The topological polar surface area (TPSA) is 69.3 Å². The Bertz CT molecular complexity index is 3.61. The highest BCUT2D eigenvalue weighted by molar-refractivity contribution is 3.16. The number of hydrogen-bond acceptors (Lipinski definition) is 2. The highest BCUT2D eigenvalue weighted by Crippen LogP contribution is 1.28. The molecule has 0 aromatic heterocycles. The Kier molecular flexibility index (Phi) is 77.7. The third kappa shape index (κ3) is 508. The van der Waals surface area contributed by atoms with Crippen molar-refractivity contribution in [1.29, 1.82) is 0 Å². The van der Waals surface area contributed by atoms with Gasteiger partial charge in [0.25, 0.3) is 0 Å². The summed E-state index contributed by atoms with van der Waals surface area (Å²) in [6.07, 6.45) is 0. The molecule has 0 unspecified atom stereocenters. The molecule has 0 bridgehead atoms. The summed E-state index contributed by atoms with van der Waals surface area (Å²) in [6, 6.07) is 0. The lowest BCUT2D eigenvalue weighted by Crippen LogP contribution is -1.55. The van der Waals surface area contributed by atoms with Crippen LogP contribution in [0.25, 0.3) is 0 Å². The maximum Gasteiger partial charge on any atom is 0.0712 e. The molecule has 0 aliphatic rings. The van der Waals surface area contributed by atoms with Gasteiger partial charge in [-0.05, 0) is 10.3 Å². The van der Waals surface area contributed by atoms with E-state index in [-0.39, 0.29) is 0 Å². The van der Waals surface area contributed by atoms with Crippen LogP contribution >= 0.6 is 0 Å². The Morgan fingerprint density at radius 3 is 1.60 bits per heavy atom. The van der Waals surface area contributed by atoms with Crippen molar-refractivity contribution in [1.82, 2.24) is 0 Å². The van der Waals surface area contributed by atoms with Crippen molar-refractivity contribution < 1.29 is 20.7 Å². The van der Waals surface area contributed by atoms with Gasteiger partial charge in [-0.15, -0.1) is 0 Å². The minimum absolute atomic E-state index is 0.750. The normalized spacial score (nSPS) is 4.80. The molecule has 0 heterocycles.